The summed E-state index contributed by atoms with van der Waals surface area (Å²) in [4.78, 5) is 27.1. The number of pyridine rings is 1. The molecule has 1 unspecified atom stereocenters. The molecule has 1 atom stereocenters. The number of nitrogens with zero attached hydrogens (tertiary/aromatic N) is 2. The van der Waals surface area contributed by atoms with Gasteiger partial charge in [-0.15, -0.1) is 0 Å². The minimum absolute atomic E-state index is 0.0169. The third-order valence-electron chi connectivity index (χ3n) is 2.99. The van der Waals surface area contributed by atoms with E-state index in [1.54, 1.807) is 6.07 Å². The summed E-state index contributed by atoms with van der Waals surface area (Å²) in [5, 5.41) is 11.6. The Kier molecular flexibility index (Phi) is 4.76. The van der Waals surface area contributed by atoms with Crippen molar-refractivity contribution in [1.82, 2.24) is 4.98 Å². The number of amides is 1. The molecule has 0 aliphatic rings. The van der Waals surface area contributed by atoms with E-state index in [1.807, 2.05) is 0 Å². The molecule has 0 saturated carbocycles. The van der Waals surface area contributed by atoms with Gasteiger partial charge in [0.25, 0.3) is 0 Å². The van der Waals surface area contributed by atoms with Crippen LogP contribution in [0.2, 0.25) is 0 Å². The minimum atomic E-state index is -1.38. The van der Waals surface area contributed by atoms with Crippen molar-refractivity contribution in [3.05, 3.63) is 59.4 Å². The van der Waals surface area contributed by atoms with E-state index in [1.165, 1.54) is 19.1 Å². The number of nitrogens with one attached hydrogen (secondary N) is 1. The number of carbonyl (C=O) groups excluding carboxylic acids is 2. The molecule has 2 aromatic rings. The van der Waals surface area contributed by atoms with E-state index in [0.29, 0.717) is 0 Å². The lowest BCUT2D eigenvalue weighted by Gasteiger charge is -2.10. The molecule has 2 rings (SSSR count). The van der Waals surface area contributed by atoms with E-state index in [0.717, 1.165) is 24.4 Å². The number of hydrogen-bond acceptors (Lipinski definition) is 4. The molecule has 7 heteroatoms. The molecule has 0 aliphatic heterocycles. The van der Waals surface area contributed by atoms with Crippen LogP contribution >= 0.6 is 0 Å². The molecule has 1 heterocycles. The van der Waals surface area contributed by atoms with Crippen LogP contribution in [0.3, 0.4) is 0 Å². The molecule has 116 valence electrons. The molecule has 0 fully saturated rings. The molecular weight excluding hydrogens is 304 g/mol. The third kappa shape index (κ3) is 3.74. The van der Waals surface area contributed by atoms with Crippen molar-refractivity contribution in [1.29, 1.82) is 5.26 Å². The van der Waals surface area contributed by atoms with Crippen LogP contribution < -0.4 is 5.32 Å². The van der Waals surface area contributed by atoms with Gasteiger partial charge in [-0.05, 0) is 30.3 Å². The van der Waals surface area contributed by atoms with Crippen LogP contribution in [-0.4, -0.2) is 16.7 Å². The summed E-state index contributed by atoms with van der Waals surface area (Å²) in [5.41, 5.74) is -0.108. The largest absolute Gasteiger partial charge is 0.326 e. The van der Waals surface area contributed by atoms with Crippen LogP contribution in [0, 0.1) is 23.0 Å². The van der Waals surface area contributed by atoms with Gasteiger partial charge in [0.2, 0.25) is 5.91 Å². The number of anilines is 1. The fraction of sp³-hybridized carbons (Fsp3) is 0.125. The van der Waals surface area contributed by atoms with Crippen molar-refractivity contribution in [2.75, 3.05) is 5.32 Å². The van der Waals surface area contributed by atoms with Gasteiger partial charge in [-0.1, -0.05) is 0 Å². The van der Waals surface area contributed by atoms with Crippen molar-refractivity contribution in [3.8, 4) is 6.07 Å². The second kappa shape index (κ2) is 6.75. The Bertz CT molecular complexity index is 798. The van der Waals surface area contributed by atoms with Gasteiger partial charge in [0.05, 0.1) is 23.5 Å². The number of nitriles is 1. The van der Waals surface area contributed by atoms with Crippen molar-refractivity contribution < 1.29 is 18.4 Å². The normalized spacial score (nSPS) is 11.4. The van der Waals surface area contributed by atoms with Gasteiger partial charge in [0.1, 0.15) is 11.6 Å². The first-order chi connectivity index (χ1) is 10.9. The van der Waals surface area contributed by atoms with Crippen molar-refractivity contribution in [2.24, 2.45) is 0 Å². The summed E-state index contributed by atoms with van der Waals surface area (Å²) >= 11 is 0. The van der Waals surface area contributed by atoms with Gasteiger partial charge in [-0.2, -0.15) is 5.26 Å². The number of aromatic nitrogens is 1. The third-order valence-corrected chi connectivity index (χ3v) is 2.99. The number of halogens is 2. The Balaban J connectivity index is 2.39. The highest BCUT2D eigenvalue weighted by Gasteiger charge is 2.26. The fourth-order valence-electron chi connectivity index (χ4n) is 1.97. The molecule has 0 spiro atoms. The number of ketones is 1. The fourth-order valence-corrected chi connectivity index (χ4v) is 1.97. The van der Waals surface area contributed by atoms with E-state index < -0.39 is 23.3 Å². The van der Waals surface area contributed by atoms with Crippen molar-refractivity contribution in [3.63, 3.8) is 0 Å². The topological polar surface area (TPSA) is 82.9 Å². The van der Waals surface area contributed by atoms with Crippen molar-refractivity contribution in [2.45, 2.75) is 12.8 Å². The zero-order chi connectivity index (χ0) is 17.0. The maximum Gasteiger partial charge on any atom is 0.221 e. The minimum Gasteiger partial charge on any atom is -0.326 e. The van der Waals surface area contributed by atoms with Gasteiger partial charge in [0.15, 0.2) is 11.7 Å². The quantitative estimate of drug-likeness (QED) is 0.879. The van der Waals surface area contributed by atoms with Gasteiger partial charge >= 0.3 is 0 Å². The first-order valence-corrected chi connectivity index (χ1v) is 6.55. The highest BCUT2D eigenvalue weighted by atomic mass is 19.1. The molecule has 5 nitrogen and oxygen atoms in total. The van der Waals surface area contributed by atoms with E-state index in [2.05, 4.69) is 10.3 Å². The molecule has 23 heavy (non-hydrogen) atoms. The molecule has 1 amide bonds. The molecule has 1 aromatic carbocycles. The zero-order valence-electron chi connectivity index (χ0n) is 12.0. The monoisotopic (exact) mass is 315 g/mol. The van der Waals surface area contributed by atoms with Crippen LogP contribution in [0.1, 0.15) is 28.9 Å². The molecule has 0 radical (unpaired) electrons. The molecule has 0 bridgehead atoms. The molecular formula is C16H11F2N3O2. The number of carbonyl (C=O) groups is 2. The SMILES string of the molecule is CC(=O)Nc1ccc(F)c(C(=O)C(C#N)c2ccc(F)cn2)c1. The van der Waals surface area contributed by atoms with Gasteiger partial charge in [-0.3, -0.25) is 14.6 Å². The second-order valence-corrected chi connectivity index (χ2v) is 4.70. The van der Waals surface area contributed by atoms with E-state index in [9.17, 15) is 23.6 Å². The van der Waals surface area contributed by atoms with E-state index >= 15 is 0 Å². The van der Waals surface area contributed by atoms with Gasteiger partial charge < -0.3 is 5.32 Å². The van der Waals surface area contributed by atoms with Crippen molar-refractivity contribution >= 4 is 17.4 Å². The zero-order valence-corrected chi connectivity index (χ0v) is 12.0. The Morgan fingerprint density at radius 3 is 2.57 bits per heavy atom. The van der Waals surface area contributed by atoms with Gasteiger partial charge in [0, 0.05) is 12.6 Å². The second-order valence-electron chi connectivity index (χ2n) is 4.70. The summed E-state index contributed by atoms with van der Waals surface area (Å²) < 4.78 is 26.8. The Hall–Kier alpha value is -3.14. The molecule has 0 saturated heterocycles. The number of rotatable bonds is 4. The average molecular weight is 315 g/mol. The molecule has 0 aliphatic carbocycles. The van der Waals surface area contributed by atoms with Crippen LogP contribution in [0.4, 0.5) is 14.5 Å². The lowest BCUT2D eigenvalue weighted by molar-refractivity contribution is -0.114. The lowest BCUT2D eigenvalue weighted by atomic mass is 9.94. The first kappa shape index (κ1) is 16.2. The summed E-state index contributed by atoms with van der Waals surface area (Å²) in [6.45, 7) is 1.27. The summed E-state index contributed by atoms with van der Waals surface area (Å²) in [6.07, 6.45) is 0.872. The number of Topliss-reactive ketones (excluding diaryl/α,β-unsaturated/α-hetero) is 1. The predicted octanol–water partition coefficient (Wildman–Crippen LogP) is 2.81. The summed E-state index contributed by atoms with van der Waals surface area (Å²) in [7, 11) is 0. The highest BCUT2D eigenvalue weighted by molar-refractivity contribution is 6.03. The highest BCUT2D eigenvalue weighted by Crippen LogP contribution is 2.23. The summed E-state index contributed by atoms with van der Waals surface area (Å²) in [5.74, 6) is -4.02. The van der Waals surface area contributed by atoms with Crippen LogP contribution in [0.15, 0.2) is 36.5 Å². The standard InChI is InChI=1S/C16H11F2N3O2/c1-9(22)21-11-3-4-14(18)12(6-11)16(23)13(7-19)15-5-2-10(17)8-20-15/h2-6,8,13H,1H3,(H,21,22). The Morgan fingerprint density at radius 1 is 1.26 bits per heavy atom. The average Bonchev–Trinajstić information content (AvgIpc) is 2.51. The van der Waals surface area contributed by atoms with Crippen LogP contribution in [-0.2, 0) is 4.79 Å². The maximum absolute atomic E-state index is 13.9. The smallest absolute Gasteiger partial charge is 0.221 e. The Morgan fingerprint density at radius 2 is 2.00 bits per heavy atom. The van der Waals surface area contributed by atoms with Gasteiger partial charge in [-0.25, -0.2) is 8.78 Å². The molecule has 1 aromatic heterocycles. The van der Waals surface area contributed by atoms with Crippen LogP contribution in [0.5, 0.6) is 0 Å². The van der Waals surface area contributed by atoms with E-state index in [4.69, 9.17) is 0 Å². The maximum atomic E-state index is 13.9. The number of benzene rings is 1. The first-order valence-electron chi connectivity index (χ1n) is 6.55. The predicted molar refractivity (Wildman–Crippen MR) is 77.6 cm³/mol. The Labute approximate surface area is 130 Å². The van der Waals surface area contributed by atoms with E-state index in [-0.39, 0.29) is 22.9 Å². The summed E-state index contributed by atoms with van der Waals surface area (Å²) in [6, 6.07) is 7.45. The van der Waals surface area contributed by atoms with Crippen LogP contribution in [0.25, 0.3) is 0 Å². The number of hydrogen-bond donors (Lipinski definition) is 1. The lowest BCUT2D eigenvalue weighted by Crippen LogP contribution is -2.15. The molecule has 1 N–H and O–H groups in total.